The molecular formula is C18H16FNO5. The molecule has 0 aliphatic carbocycles. The van der Waals surface area contributed by atoms with E-state index in [1.54, 1.807) is 12.1 Å². The topological polar surface area (TPSA) is 74.2 Å². The zero-order valence-corrected chi connectivity index (χ0v) is 13.9. The smallest absolute Gasteiger partial charge is 0.339 e. The van der Waals surface area contributed by atoms with E-state index in [1.807, 2.05) is 0 Å². The quantitative estimate of drug-likeness (QED) is 0.473. The summed E-state index contributed by atoms with van der Waals surface area (Å²) in [6, 6.07) is 10.1. The van der Waals surface area contributed by atoms with E-state index in [2.05, 4.69) is 5.16 Å². The molecule has 0 radical (unpaired) electrons. The van der Waals surface area contributed by atoms with Gasteiger partial charge in [-0.05, 0) is 30.3 Å². The number of carbonyl (C=O) groups is 2. The largest absolute Gasteiger partial charge is 0.465 e. The van der Waals surface area contributed by atoms with E-state index in [0.29, 0.717) is 11.1 Å². The molecule has 0 aromatic heterocycles. The van der Waals surface area contributed by atoms with Crippen LogP contribution in [0.3, 0.4) is 0 Å². The molecule has 0 N–H and O–H groups in total. The Hall–Kier alpha value is -3.22. The van der Waals surface area contributed by atoms with Gasteiger partial charge in [-0.15, -0.1) is 0 Å². The lowest BCUT2D eigenvalue weighted by Crippen LogP contribution is -2.18. The van der Waals surface area contributed by atoms with Gasteiger partial charge in [-0.3, -0.25) is 0 Å². The average Bonchev–Trinajstić information content (AvgIpc) is 2.65. The Morgan fingerprint density at radius 1 is 0.880 bits per heavy atom. The highest BCUT2D eigenvalue weighted by Gasteiger charge is 2.25. The lowest BCUT2D eigenvalue weighted by molar-refractivity contribution is 0.0555. The van der Waals surface area contributed by atoms with Crippen molar-refractivity contribution in [3.63, 3.8) is 0 Å². The molecule has 0 saturated heterocycles. The molecule has 0 unspecified atom stereocenters. The monoisotopic (exact) mass is 345 g/mol. The number of esters is 2. The predicted octanol–water partition coefficient (Wildman–Crippen LogP) is 2.80. The number of hydrogen-bond donors (Lipinski definition) is 0. The van der Waals surface area contributed by atoms with E-state index < -0.39 is 17.8 Å². The molecule has 0 bridgehead atoms. The van der Waals surface area contributed by atoms with Gasteiger partial charge >= 0.3 is 11.9 Å². The van der Waals surface area contributed by atoms with Gasteiger partial charge in [0.25, 0.3) is 0 Å². The Balaban J connectivity index is 2.73. The Morgan fingerprint density at radius 3 is 2.04 bits per heavy atom. The number of hydrogen-bond acceptors (Lipinski definition) is 6. The lowest BCUT2D eigenvalue weighted by atomic mass is 9.94. The molecule has 7 heteroatoms. The molecule has 0 amide bonds. The van der Waals surface area contributed by atoms with E-state index >= 15 is 0 Å². The Labute approximate surface area is 143 Å². The van der Waals surface area contributed by atoms with Crippen LogP contribution in [0.25, 0.3) is 0 Å². The third kappa shape index (κ3) is 3.82. The van der Waals surface area contributed by atoms with E-state index in [0.717, 1.165) is 0 Å². The minimum atomic E-state index is -0.734. The molecule has 2 rings (SSSR count). The molecule has 0 atom stereocenters. The van der Waals surface area contributed by atoms with Crippen LogP contribution >= 0.6 is 0 Å². The van der Waals surface area contributed by atoms with Gasteiger partial charge in [-0.1, -0.05) is 17.3 Å². The van der Waals surface area contributed by atoms with Gasteiger partial charge in [-0.25, -0.2) is 14.0 Å². The van der Waals surface area contributed by atoms with Crippen molar-refractivity contribution in [2.24, 2.45) is 5.16 Å². The first-order valence-electron chi connectivity index (χ1n) is 7.20. The first-order chi connectivity index (χ1) is 12.0. The molecule has 130 valence electrons. The second-order valence-corrected chi connectivity index (χ2v) is 4.84. The first kappa shape index (κ1) is 18.1. The van der Waals surface area contributed by atoms with Gasteiger partial charge in [-0.2, -0.15) is 0 Å². The molecule has 6 nitrogen and oxygen atoms in total. The summed E-state index contributed by atoms with van der Waals surface area (Å²) in [4.78, 5) is 29.2. The maximum absolute atomic E-state index is 13.2. The van der Waals surface area contributed by atoms with Crippen LogP contribution < -0.4 is 0 Å². The summed E-state index contributed by atoms with van der Waals surface area (Å²) in [5, 5.41) is 3.93. The average molecular weight is 345 g/mol. The number of carbonyl (C=O) groups excluding carboxylic acids is 2. The number of benzene rings is 2. The van der Waals surface area contributed by atoms with Crippen molar-refractivity contribution in [3.05, 3.63) is 70.5 Å². The molecule has 0 heterocycles. The zero-order valence-electron chi connectivity index (χ0n) is 13.9. The van der Waals surface area contributed by atoms with Crippen molar-refractivity contribution < 1.29 is 28.3 Å². The predicted molar refractivity (Wildman–Crippen MR) is 88.2 cm³/mol. The standard InChI is InChI=1S/C18H16FNO5/c1-23-17(21)14-6-4-5-13(15(14)18(22)24-2)16(20-25-3)11-7-9-12(19)10-8-11/h4-10H,1-3H3/b20-16+. The molecule has 0 aliphatic rings. The Bertz CT molecular complexity index is 815. The Morgan fingerprint density at radius 2 is 1.48 bits per heavy atom. The SMILES string of the molecule is CO/N=C(\c1ccc(F)cc1)c1cccc(C(=O)OC)c1C(=O)OC. The van der Waals surface area contributed by atoms with Crippen LogP contribution in [0.2, 0.25) is 0 Å². The minimum absolute atomic E-state index is 0.0167. The van der Waals surface area contributed by atoms with E-state index in [9.17, 15) is 14.0 Å². The van der Waals surface area contributed by atoms with Crippen molar-refractivity contribution in [2.75, 3.05) is 21.3 Å². The second kappa shape index (κ2) is 8.05. The van der Waals surface area contributed by atoms with Gasteiger partial charge in [0.1, 0.15) is 18.6 Å². The molecule has 0 aliphatic heterocycles. The van der Waals surface area contributed by atoms with Crippen LogP contribution in [-0.4, -0.2) is 39.0 Å². The van der Waals surface area contributed by atoms with Crippen molar-refractivity contribution in [1.29, 1.82) is 0 Å². The summed E-state index contributed by atoms with van der Waals surface area (Å²) in [5.74, 6) is -1.85. The number of oxime groups is 1. The van der Waals surface area contributed by atoms with Crippen LogP contribution in [-0.2, 0) is 14.3 Å². The lowest BCUT2D eigenvalue weighted by Gasteiger charge is -2.13. The fourth-order valence-electron chi connectivity index (χ4n) is 2.31. The summed E-state index contributed by atoms with van der Waals surface area (Å²) in [5.41, 5.74) is 1.04. The first-order valence-corrected chi connectivity index (χ1v) is 7.20. The third-order valence-corrected chi connectivity index (χ3v) is 3.41. The van der Waals surface area contributed by atoms with Crippen LogP contribution in [0, 0.1) is 5.82 Å². The zero-order chi connectivity index (χ0) is 18.4. The van der Waals surface area contributed by atoms with Crippen molar-refractivity contribution in [3.8, 4) is 0 Å². The fourth-order valence-corrected chi connectivity index (χ4v) is 2.31. The number of ether oxygens (including phenoxy) is 2. The summed E-state index contributed by atoms with van der Waals surface area (Å²) in [6.07, 6.45) is 0. The van der Waals surface area contributed by atoms with Crippen LogP contribution in [0.4, 0.5) is 4.39 Å². The van der Waals surface area contributed by atoms with Crippen LogP contribution in [0.15, 0.2) is 47.6 Å². The normalized spacial score (nSPS) is 11.0. The van der Waals surface area contributed by atoms with E-state index in [4.69, 9.17) is 14.3 Å². The molecule has 2 aromatic carbocycles. The van der Waals surface area contributed by atoms with Crippen molar-refractivity contribution >= 4 is 17.7 Å². The molecule has 2 aromatic rings. The van der Waals surface area contributed by atoms with Crippen LogP contribution in [0.1, 0.15) is 31.8 Å². The summed E-state index contributed by atoms with van der Waals surface area (Å²) >= 11 is 0. The van der Waals surface area contributed by atoms with Gasteiger partial charge < -0.3 is 14.3 Å². The van der Waals surface area contributed by atoms with Crippen LogP contribution in [0.5, 0.6) is 0 Å². The van der Waals surface area contributed by atoms with E-state index in [-0.39, 0.29) is 16.8 Å². The van der Waals surface area contributed by atoms with Gasteiger partial charge in [0.15, 0.2) is 0 Å². The highest BCUT2D eigenvalue weighted by molar-refractivity contribution is 6.19. The second-order valence-electron chi connectivity index (χ2n) is 4.84. The molecule has 25 heavy (non-hydrogen) atoms. The Kier molecular flexibility index (Phi) is 5.84. The maximum Gasteiger partial charge on any atom is 0.339 e. The summed E-state index contributed by atoms with van der Waals surface area (Å²) in [6.45, 7) is 0. The van der Waals surface area contributed by atoms with Gasteiger partial charge in [0, 0.05) is 11.1 Å². The van der Waals surface area contributed by atoms with Crippen molar-refractivity contribution in [1.82, 2.24) is 0 Å². The van der Waals surface area contributed by atoms with Gasteiger partial charge in [0.05, 0.1) is 25.3 Å². The highest BCUT2D eigenvalue weighted by atomic mass is 19.1. The fraction of sp³-hybridized carbons (Fsp3) is 0.167. The van der Waals surface area contributed by atoms with E-state index in [1.165, 1.54) is 51.7 Å². The number of rotatable bonds is 5. The number of nitrogens with zero attached hydrogens (tertiary/aromatic N) is 1. The van der Waals surface area contributed by atoms with Crippen molar-refractivity contribution in [2.45, 2.75) is 0 Å². The molecular weight excluding hydrogens is 329 g/mol. The highest BCUT2D eigenvalue weighted by Crippen LogP contribution is 2.22. The maximum atomic E-state index is 13.2. The third-order valence-electron chi connectivity index (χ3n) is 3.41. The molecule has 0 saturated carbocycles. The number of methoxy groups -OCH3 is 2. The molecule has 0 fully saturated rings. The van der Waals surface area contributed by atoms with Gasteiger partial charge in [0.2, 0.25) is 0 Å². The minimum Gasteiger partial charge on any atom is -0.465 e. The summed E-state index contributed by atoms with van der Waals surface area (Å²) < 4.78 is 22.7. The summed E-state index contributed by atoms with van der Waals surface area (Å²) in [7, 11) is 3.75. The molecule has 0 spiro atoms. The number of halogens is 1.